The van der Waals surface area contributed by atoms with Gasteiger partial charge in [-0.1, -0.05) is 19.9 Å². The smallest absolute Gasteiger partial charge is 0.328 e. The molecule has 0 saturated heterocycles. The minimum Gasteiger partial charge on any atom is -0.467 e. The number of rotatable bonds is 5. The van der Waals surface area contributed by atoms with Crippen LogP contribution in [0.4, 0.5) is 0 Å². The maximum absolute atomic E-state index is 12.5. The summed E-state index contributed by atoms with van der Waals surface area (Å²) >= 11 is 0. The van der Waals surface area contributed by atoms with Crippen molar-refractivity contribution in [2.24, 2.45) is 5.92 Å². The predicted octanol–water partition coefficient (Wildman–Crippen LogP) is 1.32. The Labute approximate surface area is 139 Å². The fourth-order valence-electron chi connectivity index (χ4n) is 2.40. The zero-order chi connectivity index (χ0) is 17.9. The number of nitrogens with zero attached hydrogens (tertiary/aromatic N) is 2. The van der Waals surface area contributed by atoms with E-state index < -0.39 is 23.5 Å². The number of amides is 1. The molecule has 0 aliphatic rings. The molecule has 2 aromatic rings. The number of nitrogens with one attached hydrogen (secondary N) is 1. The lowest BCUT2D eigenvalue weighted by atomic mass is 10.0. The lowest BCUT2D eigenvalue weighted by Gasteiger charge is -2.18. The molecule has 0 spiro atoms. The van der Waals surface area contributed by atoms with E-state index in [1.807, 2.05) is 26.8 Å². The summed E-state index contributed by atoms with van der Waals surface area (Å²) in [4.78, 5) is 40.9. The highest BCUT2D eigenvalue weighted by atomic mass is 16.5. The second-order valence-electron chi connectivity index (χ2n) is 6.09. The number of pyridine rings is 1. The minimum atomic E-state index is -0.805. The van der Waals surface area contributed by atoms with Gasteiger partial charge in [0.1, 0.15) is 17.3 Å². The Morgan fingerprint density at radius 1 is 1.33 bits per heavy atom. The Balaban J connectivity index is 2.35. The summed E-state index contributed by atoms with van der Waals surface area (Å²) in [5.41, 5.74) is 0.732. The monoisotopic (exact) mass is 331 g/mol. The number of fused-ring (bicyclic) bond motifs is 1. The second-order valence-corrected chi connectivity index (χ2v) is 6.09. The van der Waals surface area contributed by atoms with E-state index in [0.29, 0.717) is 12.1 Å². The molecule has 1 amide bonds. The average Bonchev–Trinajstić information content (AvgIpc) is 2.53. The molecular weight excluding hydrogens is 310 g/mol. The zero-order valence-electron chi connectivity index (χ0n) is 14.2. The van der Waals surface area contributed by atoms with Gasteiger partial charge in [0.05, 0.1) is 7.11 Å². The summed E-state index contributed by atoms with van der Waals surface area (Å²) in [5.74, 6) is -1.01. The molecule has 1 N–H and O–H groups in total. The lowest BCUT2D eigenvalue weighted by Crippen LogP contribution is -2.44. The summed E-state index contributed by atoms with van der Waals surface area (Å²) in [6, 6.07) is 2.73. The molecule has 128 valence electrons. The second kappa shape index (κ2) is 7.25. The molecular formula is C17H21N3O4. The number of methoxy groups -OCH3 is 1. The molecule has 7 nitrogen and oxygen atoms in total. The van der Waals surface area contributed by atoms with Gasteiger partial charge in [0.2, 0.25) is 0 Å². The molecule has 1 atom stereocenters. The molecule has 24 heavy (non-hydrogen) atoms. The van der Waals surface area contributed by atoms with E-state index in [9.17, 15) is 14.4 Å². The van der Waals surface area contributed by atoms with Crippen LogP contribution in [-0.2, 0) is 9.53 Å². The first-order valence-corrected chi connectivity index (χ1v) is 7.70. The number of ether oxygens (including phenoxy) is 1. The van der Waals surface area contributed by atoms with Gasteiger partial charge in [0.15, 0.2) is 0 Å². The SMILES string of the molecule is COC(=O)C(CC(C)C)NC(=O)c1cnc2ccc(C)cn2c1=O. The fourth-order valence-corrected chi connectivity index (χ4v) is 2.40. The van der Waals surface area contributed by atoms with E-state index in [1.165, 1.54) is 17.7 Å². The maximum atomic E-state index is 12.5. The van der Waals surface area contributed by atoms with Crippen LogP contribution >= 0.6 is 0 Å². The molecule has 0 aliphatic heterocycles. The summed E-state index contributed by atoms with van der Waals surface area (Å²) in [6.45, 7) is 5.70. The van der Waals surface area contributed by atoms with Gasteiger partial charge in [0, 0.05) is 12.4 Å². The third kappa shape index (κ3) is 3.79. The lowest BCUT2D eigenvalue weighted by molar-refractivity contribution is -0.143. The topological polar surface area (TPSA) is 89.8 Å². The number of carbonyl (C=O) groups excluding carboxylic acids is 2. The van der Waals surface area contributed by atoms with Gasteiger partial charge in [-0.25, -0.2) is 9.78 Å². The number of esters is 1. The van der Waals surface area contributed by atoms with Gasteiger partial charge < -0.3 is 10.1 Å². The molecule has 0 radical (unpaired) electrons. The van der Waals surface area contributed by atoms with Crippen LogP contribution in [0.1, 0.15) is 36.2 Å². The number of hydrogen-bond donors (Lipinski definition) is 1. The van der Waals surface area contributed by atoms with Crippen molar-refractivity contribution in [2.75, 3.05) is 7.11 Å². The highest BCUT2D eigenvalue weighted by molar-refractivity contribution is 5.96. The van der Waals surface area contributed by atoms with Crippen molar-refractivity contribution >= 4 is 17.5 Å². The number of aromatic nitrogens is 2. The van der Waals surface area contributed by atoms with Gasteiger partial charge in [-0.05, 0) is 30.9 Å². The molecule has 0 aromatic carbocycles. The van der Waals surface area contributed by atoms with Gasteiger partial charge in [-0.2, -0.15) is 0 Å². The minimum absolute atomic E-state index is 0.115. The van der Waals surface area contributed by atoms with Gasteiger partial charge in [-0.15, -0.1) is 0 Å². The standard InChI is InChI=1S/C17H21N3O4/c1-10(2)7-13(17(23)24-4)19-15(21)12-8-18-14-6-5-11(3)9-20(14)16(12)22/h5-6,8-10,13H,7H2,1-4H3,(H,19,21). The van der Waals surface area contributed by atoms with Crippen molar-refractivity contribution in [1.82, 2.24) is 14.7 Å². The molecule has 0 aliphatic carbocycles. The molecule has 0 fully saturated rings. The summed E-state index contributed by atoms with van der Waals surface area (Å²) in [6.07, 6.45) is 3.26. The first kappa shape index (κ1) is 17.7. The van der Waals surface area contributed by atoms with E-state index in [0.717, 1.165) is 5.56 Å². The van der Waals surface area contributed by atoms with Crippen LogP contribution < -0.4 is 10.9 Å². The van der Waals surface area contributed by atoms with Crippen LogP contribution in [-0.4, -0.2) is 34.4 Å². The molecule has 1 unspecified atom stereocenters. The van der Waals surface area contributed by atoms with Crippen LogP contribution in [0.2, 0.25) is 0 Å². The zero-order valence-corrected chi connectivity index (χ0v) is 14.2. The first-order valence-electron chi connectivity index (χ1n) is 7.70. The Hall–Kier alpha value is -2.70. The Morgan fingerprint density at radius 3 is 2.67 bits per heavy atom. The molecule has 2 rings (SSSR count). The Bertz CT molecular complexity index is 826. The van der Waals surface area contributed by atoms with Crippen molar-refractivity contribution < 1.29 is 14.3 Å². The third-order valence-corrected chi connectivity index (χ3v) is 3.59. The highest BCUT2D eigenvalue weighted by Gasteiger charge is 2.24. The molecule has 0 saturated carbocycles. The van der Waals surface area contributed by atoms with E-state index in [-0.39, 0.29) is 11.5 Å². The van der Waals surface area contributed by atoms with E-state index in [4.69, 9.17) is 4.74 Å². The molecule has 2 heterocycles. The van der Waals surface area contributed by atoms with E-state index in [1.54, 1.807) is 12.3 Å². The Kier molecular flexibility index (Phi) is 5.33. The Morgan fingerprint density at radius 2 is 2.04 bits per heavy atom. The highest BCUT2D eigenvalue weighted by Crippen LogP contribution is 2.07. The number of aryl methyl sites for hydroxylation is 1. The average molecular weight is 331 g/mol. The first-order chi connectivity index (χ1) is 11.3. The van der Waals surface area contributed by atoms with Crippen molar-refractivity contribution in [3.63, 3.8) is 0 Å². The normalized spacial score (nSPS) is 12.2. The van der Waals surface area contributed by atoms with Crippen LogP contribution in [0.25, 0.3) is 5.65 Å². The third-order valence-electron chi connectivity index (χ3n) is 3.59. The van der Waals surface area contributed by atoms with Gasteiger partial charge in [-0.3, -0.25) is 14.0 Å². The number of hydrogen-bond acceptors (Lipinski definition) is 5. The van der Waals surface area contributed by atoms with E-state index >= 15 is 0 Å². The fraction of sp³-hybridized carbons (Fsp3) is 0.412. The summed E-state index contributed by atoms with van der Waals surface area (Å²) < 4.78 is 6.03. The quantitative estimate of drug-likeness (QED) is 0.835. The van der Waals surface area contributed by atoms with Crippen LogP contribution in [0, 0.1) is 12.8 Å². The van der Waals surface area contributed by atoms with Crippen molar-refractivity contribution in [1.29, 1.82) is 0 Å². The molecule has 2 aromatic heterocycles. The molecule has 7 heteroatoms. The maximum Gasteiger partial charge on any atom is 0.328 e. The van der Waals surface area contributed by atoms with Crippen molar-refractivity contribution in [3.05, 3.63) is 46.0 Å². The van der Waals surface area contributed by atoms with Crippen LogP contribution in [0.3, 0.4) is 0 Å². The van der Waals surface area contributed by atoms with E-state index in [2.05, 4.69) is 10.3 Å². The summed E-state index contributed by atoms with van der Waals surface area (Å²) in [5, 5.41) is 2.57. The predicted molar refractivity (Wildman–Crippen MR) is 88.9 cm³/mol. The summed E-state index contributed by atoms with van der Waals surface area (Å²) in [7, 11) is 1.26. The van der Waals surface area contributed by atoms with Crippen molar-refractivity contribution in [2.45, 2.75) is 33.2 Å². The van der Waals surface area contributed by atoms with Crippen LogP contribution in [0.15, 0.2) is 29.3 Å². The van der Waals surface area contributed by atoms with Crippen LogP contribution in [0.5, 0.6) is 0 Å². The van der Waals surface area contributed by atoms with Gasteiger partial charge in [0.25, 0.3) is 11.5 Å². The number of carbonyl (C=O) groups is 2. The van der Waals surface area contributed by atoms with Gasteiger partial charge >= 0.3 is 5.97 Å². The van der Waals surface area contributed by atoms with Crippen molar-refractivity contribution in [3.8, 4) is 0 Å². The molecule has 0 bridgehead atoms. The largest absolute Gasteiger partial charge is 0.467 e.